The molecular weight excluding hydrogens is 430 g/mol. The zero-order valence-electron chi connectivity index (χ0n) is 18.0. The van der Waals surface area contributed by atoms with E-state index in [1.54, 1.807) is 32.4 Å². The summed E-state index contributed by atoms with van der Waals surface area (Å²) in [5.41, 5.74) is 2.89. The van der Waals surface area contributed by atoms with Crippen molar-refractivity contribution in [2.24, 2.45) is 0 Å². The molecule has 0 unspecified atom stereocenters. The first-order chi connectivity index (χ1) is 15.5. The summed E-state index contributed by atoms with van der Waals surface area (Å²) in [6.07, 6.45) is 1.99. The summed E-state index contributed by atoms with van der Waals surface area (Å²) < 4.78 is 18.2. The molecule has 164 valence electrons. The Hall–Kier alpha value is -3.32. The Morgan fingerprint density at radius 1 is 1.12 bits per heavy atom. The summed E-state index contributed by atoms with van der Waals surface area (Å²) in [6, 6.07) is 12.5. The molecule has 1 aliphatic rings. The molecular formula is C24H22ClN3O4. The van der Waals surface area contributed by atoms with Crippen LogP contribution in [-0.4, -0.2) is 29.2 Å². The lowest BCUT2D eigenvalue weighted by atomic mass is 10.1. The fraction of sp³-hybridized carbons (Fsp3) is 0.292. The first kappa shape index (κ1) is 20.6. The highest BCUT2D eigenvalue weighted by molar-refractivity contribution is 6.30. The molecule has 1 saturated carbocycles. The fourth-order valence-corrected chi connectivity index (χ4v) is 4.07. The standard InChI is InChI=1S/C24H22ClN3O4/c1-13(14-6-8-16(25)9-7-14)28-24(29)20-21(15-4-5-15)27-32-23(20)22(26-28)18-12-17(30-2)10-11-19(18)31-3/h6-13,15H,4-5H2,1-3H3/t13-/m0/s1. The fourth-order valence-electron chi connectivity index (χ4n) is 3.94. The smallest absolute Gasteiger partial charge is 0.280 e. The lowest BCUT2D eigenvalue weighted by Crippen LogP contribution is -2.27. The Morgan fingerprint density at radius 2 is 1.88 bits per heavy atom. The third kappa shape index (κ3) is 3.42. The van der Waals surface area contributed by atoms with E-state index < -0.39 is 0 Å². The van der Waals surface area contributed by atoms with Gasteiger partial charge in [0.25, 0.3) is 5.56 Å². The molecule has 1 atom stereocenters. The van der Waals surface area contributed by atoms with E-state index in [-0.39, 0.29) is 17.5 Å². The number of methoxy groups -OCH3 is 2. The number of fused-ring (bicyclic) bond motifs is 1. The zero-order chi connectivity index (χ0) is 22.4. The minimum atomic E-state index is -0.332. The SMILES string of the molecule is COc1ccc(OC)c(-c2nn([C@@H](C)c3ccc(Cl)cc3)c(=O)c3c(C4CC4)noc23)c1. The maximum absolute atomic E-state index is 13.6. The van der Waals surface area contributed by atoms with Crippen LogP contribution < -0.4 is 15.0 Å². The third-order valence-electron chi connectivity index (χ3n) is 5.91. The van der Waals surface area contributed by atoms with Crippen LogP contribution in [0, 0.1) is 0 Å². The van der Waals surface area contributed by atoms with Gasteiger partial charge in [0.2, 0.25) is 5.58 Å². The van der Waals surface area contributed by atoms with Gasteiger partial charge in [0.15, 0.2) is 0 Å². The van der Waals surface area contributed by atoms with E-state index in [9.17, 15) is 4.79 Å². The topological polar surface area (TPSA) is 79.4 Å². The molecule has 2 aromatic carbocycles. The van der Waals surface area contributed by atoms with Crippen LogP contribution in [0.1, 0.15) is 43.0 Å². The second kappa shape index (κ2) is 7.98. The number of halogens is 1. The first-order valence-corrected chi connectivity index (χ1v) is 10.8. The van der Waals surface area contributed by atoms with Crippen molar-refractivity contribution in [1.82, 2.24) is 14.9 Å². The summed E-state index contributed by atoms with van der Waals surface area (Å²) in [4.78, 5) is 13.6. The number of benzene rings is 2. The molecule has 5 rings (SSSR count). The van der Waals surface area contributed by atoms with Crippen LogP contribution in [0.4, 0.5) is 0 Å². The van der Waals surface area contributed by atoms with Crippen LogP contribution in [0.25, 0.3) is 22.2 Å². The van der Waals surface area contributed by atoms with Crippen molar-refractivity contribution in [3.05, 3.63) is 69.1 Å². The van der Waals surface area contributed by atoms with Crippen LogP contribution in [0.15, 0.2) is 51.8 Å². The molecule has 0 radical (unpaired) electrons. The molecule has 2 aromatic heterocycles. The molecule has 0 bridgehead atoms. The number of ether oxygens (including phenoxy) is 2. The molecule has 8 heteroatoms. The van der Waals surface area contributed by atoms with E-state index in [4.69, 9.17) is 30.7 Å². The highest BCUT2D eigenvalue weighted by Crippen LogP contribution is 2.44. The zero-order valence-corrected chi connectivity index (χ0v) is 18.7. The largest absolute Gasteiger partial charge is 0.497 e. The number of aromatic nitrogens is 3. The van der Waals surface area contributed by atoms with Crippen molar-refractivity contribution in [3.8, 4) is 22.8 Å². The van der Waals surface area contributed by atoms with E-state index in [1.165, 1.54) is 4.68 Å². The summed E-state index contributed by atoms with van der Waals surface area (Å²) in [5.74, 6) is 1.47. The van der Waals surface area contributed by atoms with Crippen molar-refractivity contribution in [1.29, 1.82) is 0 Å². The molecule has 1 aliphatic carbocycles. The molecule has 1 fully saturated rings. The predicted molar refractivity (Wildman–Crippen MR) is 122 cm³/mol. The summed E-state index contributed by atoms with van der Waals surface area (Å²) in [7, 11) is 3.18. The Balaban J connectivity index is 1.79. The van der Waals surface area contributed by atoms with Gasteiger partial charge >= 0.3 is 0 Å². The predicted octanol–water partition coefficient (Wildman–Crippen LogP) is 5.21. The maximum atomic E-state index is 13.6. The number of rotatable bonds is 6. The monoisotopic (exact) mass is 451 g/mol. The van der Waals surface area contributed by atoms with Gasteiger partial charge in [-0.2, -0.15) is 5.10 Å². The Morgan fingerprint density at radius 3 is 2.53 bits per heavy atom. The van der Waals surface area contributed by atoms with Crippen LogP contribution in [-0.2, 0) is 0 Å². The molecule has 2 heterocycles. The summed E-state index contributed by atoms with van der Waals surface area (Å²) in [6.45, 7) is 1.93. The highest BCUT2D eigenvalue weighted by Gasteiger charge is 2.33. The van der Waals surface area contributed by atoms with E-state index in [2.05, 4.69) is 5.16 Å². The number of nitrogens with zero attached hydrogens (tertiary/aromatic N) is 3. The van der Waals surface area contributed by atoms with Crippen LogP contribution in [0.5, 0.6) is 11.5 Å². The van der Waals surface area contributed by atoms with Crippen molar-refractivity contribution in [2.75, 3.05) is 14.2 Å². The summed E-state index contributed by atoms with van der Waals surface area (Å²) in [5, 5.41) is 10.1. The number of hydrogen-bond donors (Lipinski definition) is 0. The van der Waals surface area contributed by atoms with E-state index in [0.717, 1.165) is 18.4 Å². The van der Waals surface area contributed by atoms with E-state index in [0.29, 0.717) is 44.4 Å². The van der Waals surface area contributed by atoms with Gasteiger partial charge in [0.1, 0.15) is 28.3 Å². The van der Waals surface area contributed by atoms with E-state index >= 15 is 0 Å². The minimum absolute atomic E-state index is 0.226. The normalized spacial score (nSPS) is 14.5. The van der Waals surface area contributed by atoms with Crippen LogP contribution >= 0.6 is 11.6 Å². The number of hydrogen-bond acceptors (Lipinski definition) is 6. The minimum Gasteiger partial charge on any atom is -0.497 e. The average Bonchev–Trinajstić information content (AvgIpc) is 3.57. The lowest BCUT2D eigenvalue weighted by Gasteiger charge is -2.17. The second-order valence-corrected chi connectivity index (χ2v) is 8.37. The molecule has 0 amide bonds. The van der Waals surface area contributed by atoms with E-state index in [1.807, 2.05) is 31.2 Å². The van der Waals surface area contributed by atoms with Gasteiger partial charge in [-0.3, -0.25) is 4.79 Å². The maximum Gasteiger partial charge on any atom is 0.280 e. The first-order valence-electron chi connectivity index (χ1n) is 10.4. The second-order valence-electron chi connectivity index (χ2n) is 7.94. The van der Waals surface area contributed by atoms with Gasteiger partial charge in [0.05, 0.1) is 25.8 Å². The molecule has 32 heavy (non-hydrogen) atoms. The Labute approximate surface area is 189 Å². The van der Waals surface area contributed by atoms with Gasteiger partial charge in [-0.25, -0.2) is 4.68 Å². The average molecular weight is 452 g/mol. The highest BCUT2D eigenvalue weighted by atomic mass is 35.5. The third-order valence-corrected chi connectivity index (χ3v) is 6.16. The Bertz CT molecular complexity index is 1360. The quantitative estimate of drug-likeness (QED) is 0.400. The van der Waals surface area contributed by atoms with Crippen molar-refractivity contribution < 1.29 is 14.0 Å². The molecule has 0 N–H and O–H groups in total. The van der Waals surface area contributed by atoms with Gasteiger partial charge in [-0.1, -0.05) is 28.9 Å². The molecule has 4 aromatic rings. The van der Waals surface area contributed by atoms with Crippen LogP contribution in [0.2, 0.25) is 5.02 Å². The van der Waals surface area contributed by atoms with Crippen LogP contribution in [0.3, 0.4) is 0 Å². The van der Waals surface area contributed by atoms with Gasteiger partial charge in [0, 0.05) is 10.9 Å². The molecule has 7 nitrogen and oxygen atoms in total. The van der Waals surface area contributed by atoms with Gasteiger partial charge in [-0.05, 0) is 55.7 Å². The van der Waals surface area contributed by atoms with Crippen molar-refractivity contribution in [2.45, 2.75) is 31.7 Å². The van der Waals surface area contributed by atoms with Crippen molar-refractivity contribution in [3.63, 3.8) is 0 Å². The van der Waals surface area contributed by atoms with Gasteiger partial charge in [-0.15, -0.1) is 0 Å². The summed E-state index contributed by atoms with van der Waals surface area (Å²) >= 11 is 6.06. The lowest BCUT2D eigenvalue weighted by molar-refractivity contribution is 0.403. The molecule has 0 spiro atoms. The van der Waals surface area contributed by atoms with Crippen molar-refractivity contribution >= 4 is 22.6 Å². The van der Waals surface area contributed by atoms with Gasteiger partial charge < -0.3 is 14.0 Å². The molecule has 0 saturated heterocycles. The Kier molecular flexibility index (Phi) is 5.13. The molecule has 0 aliphatic heterocycles.